The van der Waals surface area contributed by atoms with Gasteiger partial charge in [0.2, 0.25) is 11.9 Å². The predicted octanol–water partition coefficient (Wildman–Crippen LogP) is 1.38. The largest absolute Gasteiger partial charge is 0.481 e. The second-order valence-electron chi connectivity index (χ2n) is 3.69. The molecular formula is C11H9N3O4S. The molecule has 2 aromatic rings. The fourth-order valence-electron chi connectivity index (χ4n) is 1.67. The summed E-state index contributed by atoms with van der Waals surface area (Å²) < 4.78 is 10.7. The SMILES string of the molecule is O=C(O)CSc1n[nH]c(-c2cccc3c2OCO3)n1. The fourth-order valence-corrected chi connectivity index (χ4v) is 2.19. The number of nitrogens with zero attached hydrogens (tertiary/aromatic N) is 2. The van der Waals surface area contributed by atoms with E-state index < -0.39 is 5.97 Å². The molecule has 0 saturated carbocycles. The highest BCUT2D eigenvalue weighted by Gasteiger charge is 2.20. The van der Waals surface area contributed by atoms with Gasteiger partial charge in [-0.05, 0) is 12.1 Å². The van der Waals surface area contributed by atoms with E-state index in [2.05, 4.69) is 15.2 Å². The molecule has 0 atom stereocenters. The highest BCUT2D eigenvalue weighted by atomic mass is 32.2. The lowest BCUT2D eigenvalue weighted by Crippen LogP contribution is -1.97. The van der Waals surface area contributed by atoms with Gasteiger partial charge >= 0.3 is 5.97 Å². The molecule has 0 spiro atoms. The average Bonchev–Trinajstić information content (AvgIpc) is 3.04. The number of hydrogen-bond acceptors (Lipinski definition) is 6. The van der Waals surface area contributed by atoms with Crippen LogP contribution in [0.4, 0.5) is 0 Å². The van der Waals surface area contributed by atoms with Crippen molar-refractivity contribution in [3.05, 3.63) is 18.2 Å². The van der Waals surface area contributed by atoms with Gasteiger partial charge in [0.05, 0.1) is 11.3 Å². The van der Waals surface area contributed by atoms with E-state index in [1.807, 2.05) is 18.2 Å². The molecule has 1 aromatic heterocycles. The van der Waals surface area contributed by atoms with Crippen LogP contribution in [0, 0.1) is 0 Å². The van der Waals surface area contributed by atoms with Gasteiger partial charge in [-0.2, -0.15) is 0 Å². The minimum absolute atomic E-state index is 0.0796. The Morgan fingerprint density at radius 3 is 3.21 bits per heavy atom. The monoisotopic (exact) mass is 279 g/mol. The van der Waals surface area contributed by atoms with Crippen LogP contribution in [0.1, 0.15) is 0 Å². The molecule has 19 heavy (non-hydrogen) atoms. The zero-order valence-electron chi connectivity index (χ0n) is 9.62. The van der Waals surface area contributed by atoms with E-state index in [-0.39, 0.29) is 12.5 Å². The van der Waals surface area contributed by atoms with Crippen molar-refractivity contribution in [1.82, 2.24) is 15.2 Å². The molecule has 0 unspecified atom stereocenters. The fraction of sp³-hybridized carbons (Fsp3) is 0.182. The smallest absolute Gasteiger partial charge is 0.313 e. The number of thioether (sulfide) groups is 1. The summed E-state index contributed by atoms with van der Waals surface area (Å²) in [6, 6.07) is 5.47. The number of fused-ring (bicyclic) bond motifs is 1. The molecule has 1 aliphatic rings. The molecule has 3 rings (SSSR count). The summed E-state index contributed by atoms with van der Waals surface area (Å²) in [5.41, 5.74) is 0.740. The van der Waals surface area contributed by atoms with Gasteiger partial charge in [-0.25, -0.2) is 4.98 Å². The number of nitrogens with one attached hydrogen (secondary N) is 1. The molecule has 0 aliphatic carbocycles. The van der Waals surface area contributed by atoms with Gasteiger partial charge in [0.15, 0.2) is 17.3 Å². The number of hydrogen-bond donors (Lipinski definition) is 2. The molecule has 7 nitrogen and oxygen atoms in total. The van der Waals surface area contributed by atoms with E-state index in [1.165, 1.54) is 0 Å². The number of H-pyrrole nitrogens is 1. The molecule has 2 heterocycles. The van der Waals surface area contributed by atoms with Crippen molar-refractivity contribution in [3.63, 3.8) is 0 Å². The number of carboxylic acids is 1. The Morgan fingerprint density at radius 1 is 1.47 bits per heavy atom. The number of para-hydroxylation sites is 1. The number of aromatic amines is 1. The highest BCUT2D eigenvalue weighted by molar-refractivity contribution is 7.99. The van der Waals surface area contributed by atoms with Crippen molar-refractivity contribution >= 4 is 17.7 Å². The Kier molecular flexibility index (Phi) is 3.00. The Hall–Kier alpha value is -2.22. The lowest BCUT2D eigenvalue weighted by atomic mass is 10.2. The number of rotatable bonds is 4. The summed E-state index contributed by atoms with van der Waals surface area (Å²) in [5.74, 6) is 0.815. The quantitative estimate of drug-likeness (QED) is 0.816. The summed E-state index contributed by atoms with van der Waals surface area (Å²) in [4.78, 5) is 14.7. The highest BCUT2D eigenvalue weighted by Crippen LogP contribution is 2.40. The first kappa shape index (κ1) is 11.8. The van der Waals surface area contributed by atoms with Crippen LogP contribution in [0.2, 0.25) is 0 Å². The number of aliphatic carboxylic acids is 1. The van der Waals surface area contributed by atoms with Crippen LogP contribution < -0.4 is 9.47 Å². The minimum Gasteiger partial charge on any atom is -0.481 e. The first-order chi connectivity index (χ1) is 9.24. The third kappa shape index (κ3) is 2.34. The van der Waals surface area contributed by atoms with Crippen molar-refractivity contribution < 1.29 is 19.4 Å². The van der Waals surface area contributed by atoms with E-state index in [0.717, 1.165) is 17.3 Å². The van der Waals surface area contributed by atoms with E-state index in [0.29, 0.717) is 22.5 Å². The zero-order chi connectivity index (χ0) is 13.2. The Bertz CT molecular complexity index is 628. The maximum atomic E-state index is 10.5. The van der Waals surface area contributed by atoms with Crippen LogP contribution in [0.5, 0.6) is 11.5 Å². The number of carboxylic acid groups (broad SMARTS) is 1. The molecule has 0 amide bonds. The summed E-state index contributed by atoms with van der Waals surface area (Å²) in [6.45, 7) is 0.182. The van der Waals surface area contributed by atoms with Crippen LogP contribution in [-0.4, -0.2) is 38.8 Å². The van der Waals surface area contributed by atoms with E-state index in [4.69, 9.17) is 14.6 Å². The van der Waals surface area contributed by atoms with Crippen LogP contribution in [-0.2, 0) is 4.79 Å². The molecule has 98 valence electrons. The maximum absolute atomic E-state index is 10.5. The van der Waals surface area contributed by atoms with Crippen LogP contribution in [0.15, 0.2) is 23.4 Å². The van der Waals surface area contributed by atoms with Crippen molar-refractivity contribution in [2.24, 2.45) is 0 Å². The number of benzene rings is 1. The lowest BCUT2D eigenvalue weighted by Gasteiger charge is -2.01. The van der Waals surface area contributed by atoms with Gasteiger partial charge in [0, 0.05) is 0 Å². The Morgan fingerprint density at radius 2 is 2.37 bits per heavy atom. The molecule has 8 heteroatoms. The molecule has 0 radical (unpaired) electrons. The van der Waals surface area contributed by atoms with Gasteiger partial charge in [0.25, 0.3) is 0 Å². The zero-order valence-corrected chi connectivity index (χ0v) is 10.4. The van der Waals surface area contributed by atoms with E-state index in [1.54, 1.807) is 0 Å². The minimum atomic E-state index is -0.909. The van der Waals surface area contributed by atoms with E-state index in [9.17, 15) is 4.79 Å². The van der Waals surface area contributed by atoms with Gasteiger partial charge in [0.1, 0.15) is 0 Å². The number of carbonyl (C=O) groups is 1. The topological polar surface area (TPSA) is 97.3 Å². The van der Waals surface area contributed by atoms with Crippen molar-refractivity contribution in [2.75, 3.05) is 12.5 Å². The van der Waals surface area contributed by atoms with Gasteiger partial charge in [-0.3, -0.25) is 9.89 Å². The molecule has 0 saturated heterocycles. The van der Waals surface area contributed by atoms with Crippen LogP contribution in [0.3, 0.4) is 0 Å². The van der Waals surface area contributed by atoms with Crippen molar-refractivity contribution in [2.45, 2.75) is 5.16 Å². The summed E-state index contributed by atoms with van der Waals surface area (Å²) in [7, 11) is 0. The van der Waals surface area contributed by atoms with Crippen molar-refractivity contribution in [1.29, 1.82) is 0 Å². The second kappa shape index (κ2) is 4.81. The lowest BCUT2D eigenvalue weighted by molar-refractivity contribution is -0.133. The molecule has 1 aliphatic heterocycles. The van der Waals surface area contributed by atoms with Gasteiger partial charge < -0.3 is 14.6 Å². The average molecular weight is 279 g/mol. The normalized spacial score (nSPS) is 12.6. The van der Waals surface area contributed by atoms with Crippen LogP contribution >= 0.6 is 11.8 Å². The van der Waals surface area contributed by atoms with E-state index >= 15 is 0 Å². The molecular weight excluding hydrogens is 270 g/mol. The van der Waals surface area contributed by atoms with Gasteiger partial charge in [-0.15, -0.1) is 5.10 Å². The van der Waals surface area contributed by atoms with Crippen LogP contribution in [0.25, 0.3) is 11.4 Å². The van der Waals surface area contributed by atoms with Crippen molar-refractivity contribution in [3.8, 4) is 22.9 Å². The predicted molar refractivity (Wildman–Crippen MR) is 66.3 cm³/mol. The standard InChI is InChI=1S/C11H9N3O4S/c15-8(16)4-19-11-12-10(13-14-11)6-2-1-3-7-9(6)18-5-17-7/h1-3H,4-5H2,(H,15,16)(H,12,13,14). The first-order valence-electron chi connectivity index (χ1n) is 5.40. The summed E-state index contributed by atoms with van der Waals surface area (Å²) in [6.07, 6.45) is 0. The second-order valence-corrected chi connectivity index (χ2v) is 4.63. The maximum Gasteiger partial charge on any atom is 0.313 e. The third-order valence-electron chi connectivity index (χ3n) is 2.44. The number of ether oxygens (including phenoxy) is 2. The molecule has 2 N–H and O–H groups in total. The Balaban J connectivity index is 1.87. The first-order valence-corrected chi connectivity index (χ1v) is 6.38. The molecule has 0 bridgehead atoms. The summed E-state index contributed by atoms with van der Waals surface area (Å²) in [5, 5.41) is 15.7. The summed E-state index contributed by atoms with van der Waals surface area (Å²) >= 11 is 1.05. The Labute approximate surface area is 112 Å². The third-order valence-corrected chi connectivity index (χ3v) is 3.27. The molecule has 0 fully saturated rings. The number of aromatic nitrogens is 3. The van der Waals surface area contributed by atoms with Gasteiger partial charge in [-0.1, -0.05) is 17.8 Å². The molecule has 1 aromatic carbocycles.